The summed E-state index contributed by atoms with van der Waals surface area (Å²) in [5.41, 5.74) is 0. The minimum absolute atomic E-state index is 0. The van der Waals surface area contributed by atoms with Gasteiger partial charge in [0, 0.05) is 37.2 Å². The minimum atomic E-state index is 0. The highest BCUT2D eigenvalue weighted by Crippen LogP contribution is 2.56. The Morgan fingerprint density at radius 3 is 0.946 bits per heavy atom. The van der Waals surface area contributed by atoms with Gasteiger partial charge in [-0.05, 0) is 97.7 Å². The molecule has 0 amide bonds. The van der Waals surface area contributed by atoms with Crippen molar-refractivity contribution in [3.05, 3.63) is 0 Å². The lowest BCUT2D eigenvalue weighted by Gasteiger charge is -2.32. The molecule has 0 nitrogen and oxygen atoms in total. The van der Waals surface area contributed by atoms with Gasteiger partial charge in [-0.2, -0.15) is 0 Å². The maximum atomic E-state index is 2.60. The second-order valence-electron chi connectivity index (χ2n) is 10.9. The fourth-order valence-electron chi connectivity index (χ4n) is 8.63. The molecule has 4 aliphatic carbocycles. The van der Waals surface area contributed by atoms with E-state index in [1.165, 1.54) is 32.1 Å². The molecule has 37 heavy (non-hydrogen) atoms. The van der Waals surface area contributed by atoms with E-state index < -0.39 is 0 Å². The predicted molar refractivity (Wildman–Crippen MR) is 200 cm³/mol. The van der Waals surface area contributed by atoms with Crippen LogP contribution in [-0.4, -0.2) is 0 Å². The van der Waals surface area contributed by atoms with Gasteiger partial charge < -0.3 is 0 Å². The Bertz CT molecular complexity index is 411. The molecule has 10 atom stereocenters. The topological polar surface area (TPSA) is 0 Å². The smallest absolute Gasteiger partial charge is 0 e. The third-order valence-electron chi connectivity index (χ3n) is 10.3. The van der Waals surface area contributed by atoms with E-state index in [2.05, 4.69) is 64.9 Å². The summed E-state index contributed by atoms with van der Waals surface area (Å²) >= 11 is 4.24. The van der Waals surface area contributed by atoms with Gasteiger partial charge in [0.25, 0.3) is 0 Å². The molecular weight excluding hydrogens is 674 g/mol. The molecule has 4 saturated carbocycles. The van der Waals surface area contributed by atoms with E-state index in [0.717, 1.165) is 59.2 Å². The van der Waals surface area contributed by atoms with Crippen molar-refractivity contribution >= 4 is 37.2 Å². The average Bonchev–Trinajstić information content (AvgIpc) is 3.23. The van der Waals surface area contributed by atoms with Crippen LogP contribution in [0.2, 0.25) is 0 Å². The zero-order valence-corrected chi connectivity index (χ0v) is 26.6. The highest BCUT2D eigenvalue weighted by atomic mass is 128. The maximum absolute atomic E-state index is 2.60. The molecule has 2 heteroatoms. The van der Waals surface area contributed by atoms with E-state index >= 15 is 0 Å². The van der Waals surface area contributed by atoms with Gasteiger partial charge in [-0.3, -0.25) is 0 Å². The van der Waals surface area contributed by atoms with E-state index in [9.17, 15) is 0 Å². The van der Waals surface area contributed by atoms with Gasteiger partial charge in [-0.25, -0.2) is 0 Å². The highest BCUT2D eigenvalue weighted by molar-refractivity contribution is 15.0. The highest BCUT2D eigenvalue weighted by Gasteiger charge is 2.48. The fraction of sp³-hybridized carbons (Fsp3) is 1.00. The van der Waals surface area contributed by atoms with E-state index in [0.29, 0.717) is 0 Å². The second kappa shape index (κ2) is 27.6. The van der Waals surface area contributed by atoms with Crippen LogP contribution in [0.3, 0.4) is 0 Å². The first-order valence-electron chi connectivity index (χ1n) is 14.2. The van der Waals surface area contributed by atoms with E-state index in [4.69, 9.17) is 0 Å². The molecule has 4 rings (SSSR count). The summed E-state index contributed by atoms with van der Waals surface area (Å²) in [5, 5.41) is 0. The van der Waals surface area contributed by atoms with Crippen molar-refractivity contribution in [2.75, 3.05) is 0 Å². The van der Waals surface area contributed by atoms with Crippen LogP contribution in [0.4, 0.5) is 0 Å². The van der Waals surface area contributed by atoms with Crippen molar-refractivity contribution in [3.8, 4) is 0 Å². The molecule has 4 fully saturated rings. The standard InChI is InChI=1S/C25H44.2C2H6.6CH4.I2/c1-16-18(3)22(24-12-7-5-10-20(16)24)14-9-15-23-19(4)17(2)21-11-6-8-13-25(21)23;2*1-2;;;;;;;1-2/h16-25H,5-15H2,1-4H3;2*1-2H3;6*1H4;. The number of fused-ring (bicyclic) bond motifs is 2. The van der Waals surface area contributed by atoms with Crippen LogP contribution in [0.5, 0.6) is 0 Å². The average molecular weight is 755 g/mol. The lowest BCUT2D eigenvalue weighted by atomic mass is 9.73. The van der Waals surface area contributed by atoms with Crippen molar-refractivity contribution in [2.24, 2.45) is 59.2 Å². The molecule has 4 aliphatic rings. The van der Waals surface area contributed by atoms with Crippen LogP contribution in [0.25, 0.3) is 0 Å². The maximum Gasteiger partial charge on any atom is 0 e. The van der Waals surface area contributed by atoms with Gasteiger partial charge >= 0.3 is 0 Å². The Hall–Kier alpha value is 1.46. The Labute approximate surface area is 265 Å². The first-order chi connectivity index (χ1) is 15.1. The lowest BCUT2D eigenvalue weighted by molar-refractivity contribution is 0.181. The first kappa shape index (κ1) is 51.2. The van der Waals surface area contributed by atoms with Crippen LogP contribution in [0.15, 0.2) is 0 Å². The van der Waals surface area contributed by atoms with Gasteiger partial charge in [0.1, 0.15) is 0 Å². The van der Waals surface area contributed by atoms with Crippen LogP contribution in [0.1, 0.15) is 171 Å². The lowest BCUT2D eigenvalue weighted by Crippen LogP contribution is -2.22. The quantitative estimate of drug-likeness (QED) is 0.251. The molecule has 234 valence electrons. The molecule has 0 spiro atoms. The molecule has 0 aliphatic heterocycles. The van der Waals surface area contributed by atoms with Crippen molar-refractivity contribution in [1.29, 1.82) is 0 Å². The minimum Gasteiger partial charge on any atom is -0.0776 e. The summed E-state index contributed by atoms with van der Waals surface area (Å²) < 4.78 is 0. The van der Waals surface area contributed by atoms with Crippen LogP contribution >= 0.6 is 37.2 Å². The SMILES string of the molecule is C.C.C.C.C.C.CC.CC.CC1C(C)C(CCCC2C(C)C(C)C3CCCCC32)C2CCCCC12.II. The van der Waals surface area contributed by atoms with E-state index in [-0.39, 0.29) is 44.6 Å². The van der Waals surface area contributed by atoms with Gasteiger partial charge in [0.2, 0.25) is 0 Å². The van der Waals surface area contributed by atoms with Gasteiger partial charge in [0.15, 0.2) is 0 Å². The fourth-order valence-corrected chi connectivity index (χ4v) is 8.63. The van der Waals surface area contributed by atoms with Gasteiger partial charge in [-0.15, -0.1) is 0 Å². The van der Waals surface area contributed by atoms with Crippen LogP contribution < -0.4 is 0 Å². The van der Waals surface area contributed by atoms with Crippen LogP contribution in [0, 0.1) is 59.2 Å². The first-order valence-corrected chi connectivity index (χ1v) is 20.5. The van der Waals surface area contributed by atoms with Gasteiger partial charge in [-0.1, -0.05) is 132 Å². The summed E-state index contributed by atoms with van der Waals surface area (Å²) in [6, 6.07) is 0. The molecule has 0 bridgehead atoms. The molecule has 10 unspecified atom stereocenters. The zero-order chi connectivity index (χ0) is 23.6. The number of halogens is 2. The van der Waals surface area contributed by atoms with Crippen molar-refractivity contribution < 1.29 is 0 Å². The largest absolute Gasteiger partial charge is 0.0776 e. The molecule has 0 heterocycles. The summed E-state index contributed by atoms with van der Waals surface area (Å²) in [5.74, 6) is 10.5. The summed E-state index contributed by atoms with van der Waals surface area (Å²) in [6.45, 7) is 18.4. The van der Waals surface area contributed by atoms with Gasteiger partial charge in [0.05, 0.1) is 0 Å². The predicted octanol–water partition coefficient (Wildman–Crippen LogP) is 15.2. The Balaban J connectivity index is -0.000000187. The normalized spacial score (nSPS) is 36.2. The van der Waals surface area contributed by atoms with Crippen molar-refractivity contribution in [3.63, 3.8) is 0 Å². The monoisotopic (exact) mass is 754 g/mol. The molecular formula is C35H80I2. The third kappa shape index (κ3) is 12.5. The Kier molecular flexibility index (Phi) is 38.2. The zero-order valence-electron chi connectivity index (χ0n) is 22.3. The van der Waals surface area contributed by atoms with Crippen LogP contribution in [-0.2, 0) is 0 Å². The molecule has 0 N–H and O–H groups in total. The molecule has 0 aromatic rings. The molecule has 0 radical (unpaired) electrons. The molecule has 0 aromatic heterocycles. The number of rotatable bonds is 4. The van der Waals surface area contributed by atoms with Crippen molar-refractivity contribution in [1.82, 2.24) is 0 Å². The molecule has 0 saturated heterocycles. The van der Waals surface area contributed by atoms with Crippen molar-refractivity contribution in [2.45, 2.75) is 171 Å². The Morgan fingerprint density at radius 1 is 0.432 bits per heavy atom. The van der Waals surface area contributed by atoms with E-state index in [1.54, 1.807) is 38.5 Å². The summed E-state index contributed by atoms with van der Waals surface area (Å²) in [6.07, 6.45) is 17.0. The molecule has 0 aromatic carbocycles. The number of hydrogen-bond donors (Lipinski definition) is 0. The number of hydrogen-bond acceptors (Lipinski definition) is 0. The summed E-state index contributed by atoms with van der Waals surface area (Å²) in [7, 11) is 0. The van der Waals surface area contributed by atoms with E-state index in [1.807, 2.05) is 27.7 Å². The third-order valence-corrected chi connectivity index (χ3v) is 10.3. The second-order valence-corrected chi connectivity index (χ2v) is 10.9. The summed E-state index contributed by atoms with van der Waals surface area (Å²) in [4.78, 5) is 0. The Morgan fingerprint density at radius 2 is 0.676 bits per heavy atom.